The Hall–Kier alpha value is -3.41. The van der Waals surface area contributed by atoms with E-state index in [1.807, 2.05) is 53.2 Å². The first-order valence-corrected chi connectivity index (χ1v) is 10.2. The van der Waals surface area contributed by atoms with E-state index in [9.17, 15) is 9.59 Å². The molecule has 0 saturated carbocycles. The van der Waals surface area contributed by atoms with Crippen LogP contribution in [0.15, 0.2) is 67.0 Å². The predicted molar refractivity (Wildman–Crippen MR) is 117 cm³/mol. The van der Waals surface area contributed by atoms with Gasteiger partial charge in [-0.05, 0) is 54.7 Å². The van der Waals surface area contributed by atoms with Crippen LogP contribution in [-0.4, -0.2) is 46.6 Å². The number of para-hydroxylation sites is 1. The number of piperidine rings is 1. The zero-order chi connectivity index (χ0) is 21.1. The molecule has 30 heavy (non-hydrogen) atoms. The lowest BCUT2D eigenvalue weighted by atomic mass is 9.91. The van der Waals surface area contributed by atoms with Crippen LogP contribution < -0.4 is 4.90 Å². The lowest BCUT2D eigenvalue weighted by molar-refractivity contribution is 0.0713. The van der Waals surface area contributed by atoms with Crippen molar-refractivity contribution in [1.29, 1.82) is 0 Å². The Morgan fingerprint density at radius 3 is 2.37 bits per heavy atom. The molecule has 1 aromatic heterocycles. The molecular weight excluding hydrogens is 376 g/mol. The van der Waals surface area contributed by atoms with Crippen molar-refractivity contribution in [2.24, 2.45) is 7.05 Å². The standard InChI is InChI=1S/C24H26N4O2/c1-26-17-21(16-25-26)18-11-13-28(14-12-18)24(30)20-8-6-7-19(15-20)23(29)27(2)22-9-4-3-5-10-22/h3-10,15-18H,11-14H2,1-2H3. The monoisotopic (exact) mass is 402 g/mol. The number of aryl methyl sites for hydroxylation is 1. The van der Waals surface area contributed by atoms with Crippen molar-refractivity contribution in [3.05, 3.63) is 83.7 Å². The van der Waals surface area contributed by atoms with Crippen LogP contribution in [0.1, 0.15) is 45.0 Å². The second-order valence-electron chi connectivity index (χ2n) is 7.79. The normalized spacial score (nSPS) is 14.5. The molecule has 0 radical (unpaired) electrons. The van der Waals surface area contributed by atoms with Crippen LogP contribution in [0.4, 0.5) is 5.69 Å². The zero-order valence-electron chi connectivity index (χ0n) is 17.4. The fourth-order valence-electron chi connectivity index (χ4n) is 4.00. The molecule has 6 nitrogen and oxygen atoms in total. The lowest BCUT2D eigenvalue weighted by Crippen LogP contribution is -2.38. The van der Waals surface area contributed by atoms with Gasteiger partial charge in [-0.15, -0.1) is 0 Å². The Labute approximate surface area is 176 Å². The van der Waals surface area contributed by atoms with Crippen molar-refractivity contribution in [2.45, 2.75) is 18.8 Å². The van der Waals surface area contributed by atoms with E-state index in [0.29, 0.717) is 30.1 Å². The number of nitrogens with zero attached hydrogens (tertiary/aromatic N) is 4. The van der Waals surface area contributed by atoms with Gasteiger partial charge in [-0.25, -0.2) is 0 Å². The van der Waals surface area contributed by atoms with E-state index in [-0.39, 0.29) is 11.8 Å². The zero-order valence-corrected chi connectivity index (χ0v) is 17.4. The summed E-state index contributed by atoms with van der Waals surface area (Å²) >= 11 is 0. The van der Waals surface area contributed by atoms with Crippen molar-refractivity contribution in [3.63, 3.8) is 0 Å². The number of hydrogen-bond donors (Lipinski definition) is 0. The molecule has 3 aromatic rings. The smallest absolute Gasteiger partial charge is 0.258 e. The molecule has 2 aromatic carbocycles. The summed E-state index contributed by atoms with van der Waals surface area (Å²) in [6.45, 7) is 1.42. The topological polar surface area (TPSA) is 58.4 Å². The van der Waals surface area contributed by atoms with Crippen LogP contribution in [0, 0.1) is 0 Å². The summed E-state index contributed by atoms with van der Waals surface area (Å²) in [5.74, 6) is 0.290. The summed E-state index contributed by atoms with van der Waals surface area (Å²) in [5, 5.41) is 4.26. The first kappa shape index (κ1) is 19.9. The van der Waals surface area contributed by atoms with Crippen molar-refractivity contribution in [1.82, 2.24) is 14.7 Å². The van der Waals surface area contributed by atoms with Gasteiger partial charge in [0.2, 0.25) is 0 Å². The summed E-state index contributed by atoms with van der Waals surface area (Å²) in [4.78, 5) is 29.4. The molecule has 2 heterocycles. The number of aromatic nitrogens is 2. The highest BCUT2D eigenvalue weighted by Crippen LogP contribution is 2.28. The van der Waals surface area contributed by atoms with Gasteiger partial charge in [-0.2, -0.15) is 5.10 Å². The van der Waals surface area contributed by atoms with E-state index in [2.05, 4.69) is 11.3 Å². The molecule has 1 saturated heterocycles. The summed E-state index contributed by atoms with van der Waals surface area (Å²) < 4.78 is 1.82. The van der Waals surface area contributed by atoms with Crippen molar-refractivity contribution >= 4 is 17.5 Å². The average molecular weight is 402 g/mol. The SMILES string of the molecule is CN(C(=O)c1cccc(C(=O)N2CCC(c3cnn(C)c3)CC2)c1)c1ccccc1. The molecule has 0 atom stereocenters. The van der Waals surface area contributed by atoms with Crippen LogP contribution in [0.3, 0.4) is 0 Å². The molecular formula is C24H26N4O2. The maximum atomic E-state index is 13.0. The van der Waals surface area contributed by atoms with E-state index in [4.69, 9.17) is 0 Å². The number of rotatable bonds is 4. The summed E-state index contributed by atoms with van der Waals surface area (Å²) in [5.41, 5.74) is 3.12. The Balaban J connectivity index is 1.43. The fourth-order valence-corrected chi connectivity index (χ4v) is 4.00. The van der Waals surface area contributed by atoms with Crippen molar-refractivity contribution < 1.29 is 9.59 Å². The lowest BCUT2D eigenvalue weighted by Gasteiger charge is -2.31. The van der Waals surface area contributed by atoms with Crippen LogP contribution in [0.2, 0.25) is 0 Å². The number of carbonyl (C=O) groups excluding carboxylic acids is 2. The molecule has 0 unspecified atom stereocenters. The van der Waals surface area contributed by atoms with Crippen LogP contribution >= 0.6 is 0 Å². The number of anilines is 1. The number of amides is 2. The van der Waals surface area contributed by atoms with Crippen LogP contribution in [-0.2, 0) is 7.05 Å². The molecule has 0 N–H and O–H groups in total. The van der Waals surface area contributed by atoms with Crippen molar-refractivity contribution in [3.8, 4) is 0 Å². The third kappa shape index (κ3) is 4.13. The summed E-state index contributed by atoms with van der Waals surface area (Å²) in [6.07, 6.45) is 5.82. The number of benzene rings is 2. The van der Waals surface area contributed by atoms with Gasteiger partial charge < -0.3 is 9.80 Å². The van der Waals surface area contributed by atoms with Gasteiger partial charge in [-0.3, -0.25) is 14.3 Å². The van der Waals surface area contributed by atoms with Crippen LogP contribution in [0.25, 0.3) is 0 Å². The number of carbonyl (C=O) groups is 2. The molecule has 1 aliphatic rings. The average Bonchev–Trinajstić information content (AvgIpc) is 3.24. The molecule has 2 amide bonds. The van der Waals surface area contributed by atoms with E-state index >= 15 is 0 Å². The Morgan fingerprint density at radius 1 is 1.00 bits per heavy atom. The van der Waals surface area contributed by atoms with Gasteiger partial charge >= 0.3 is 0 Å². The largest absolute Gasteiger partial charge is 0.339 e. The van der Waals surface area contributed by atoms with Gasteiger partial charge in [0.1, 0.15) is 0 Å². The minimum Gasteiger partial charge on any atom is -0.339 e. The Kier molecular flexibility index (Phi) is 5.65. The summed E-state index contributed by atoms with van der Waals surface area (Å²) in [7, 11) is 3.67. The van der Waals surface area contributed by atoms with Gasteiger partial charge in [0.25, 0.3) is 11.8 Å². The first-order chi connectivity index (χ1) is 14.5. The predicted octanol–water partition coefficient (Wildman–Crippen LogP) is 3.72. The molecule has 1 fully saturated rings. The highest BCUT2D eigenvalue weighted by atomic mass is 16.2. The number of hydrogen-bond acceptors (Lipinski definition) is 3. The third-order valence-electron chi connectivity index (χ3n) is 5.78. The third-order valence-corrected chi connectivity index (χ3v) is 5.78. The molecule has 154 valence electrons. The van der Waals surface area contributed by atoms with E-state index in [0.717, 1.165) is 18.5 Å². The molecule has 0 aliphatic carbocycles. The fraction of sp³-hybridized carbons (Fsp3) is 0.292. The molecule has 1 aliphatic heterocycles. The molecule has 4 rings (SSSR count). The van der Waals surface area contributed by atoms with E-state index in [1.165, 1.54) is 5.56 Å². The minimum absolute atomic E-state index is 0.0170. The molecule has 0 bridgehead atoms. The highest BCUT2D eigenvalue weighted by Gasteiger charge is 2.26. The van der Waals surface area contributed by atoms with Gasteiger partial charge in [0, 0.05) is 50.2 Å². The maximum Gasteiger partial charge on any atom is 0.258 e. The van der Waals surface area contributed by atoms with Crippen LogP contribution in [0.5, 0.6) is 0 Å². The Morgan fingerprint density at radius 2 is 1.70 bits per heavy atom. The Bertz CT molecular complexity index is 1040. The number of likely N-dealkylation sites (tertiary alicyclic amines) is 1. The van der Waals surface area contributed by atoms with Gasteiger partial charge in [0.05, 0.1) is 6.20 Å². The molecule has 0 spiro atoms. The van der Waals surface area contributed by atoms with Gasteiger partial charge in [-0.1, -0.05) is 24.3 Å². The first-order valence-electron chi connectivity index (χ1n) is 10.2. The van der Waals surface area contributed by atoms with Crippen molar-refractivity contribution in [2.75, 3.05) is 25.0 Å². The quantitative estimate of drug-likeness (QED) is 0.668. The van der Waals surface area contributed by atoms with E-state index in [1.54, 1.807) is 36.2 Å². The highest BCUT2D eigenvalue weighted by molar-refractivity contribution is 6.07. The maximum absolute atomic E-state index is 13.0. The minimum atomic E-state index is -0.133. The second-order valence-corrected chi connectivity index (χ2v) is 7.79. The summed E-state index contributed by atoms with van der Waals surface area (Å²) in [6, 6.07) is 16.5. The van der Waals surface area contributed by atoms with E-state index < -0.39 is 0 Å². The van der Waals surface area contributed by atoms with Gasteiger partial charge in [0.15, 0.2) is 0 Å². The second kappa shape index (κ2) is 8.53. The molecule has 6 heteroatoms.